The van der Waals surface area contributed by atoms with Gasteiger partial charge in [0.1, 0.15) is 11.6 Å². The second-order valence-electron chi connectivity index (χ2n) is 11.8. The van der Waals surface area contributed by atoms with Crippen molar-refractivity contribution in [1.29, 1.82) is 0 Å². The molecule has 5 rings (SSSR count). The van der Waals surface area contributed by atoms with Gasteiger partial charge in [-0.15, -0.1) is 0 Å². The highest BCUT2D eigenvalue weighted by molar-refractivity contribution is 7.80. The molecular weight excluding hydrogens is 512 g/mol. The fraction of sp³-hybridized carbons (Fsp3) is 0.633. The average Bonchev–Trinajstić information content (AvgIpc) is 2.93. The molecule has 2 N–H and O–H groups in total. The number of aromatic nitrogens is 2. The van der Waals surface area contributed by atoms with Crippen LogP contribution in [0.4, 0.5) is 17.6 Å². The van der Waals surface area contributed by atoms with Crippen molar-refractivity contribution in [3.05, 3.63) is 40.9 Å². The molecule has 2 aromatic rings. The van der Waals surface area contributed by atoms with E-state index in [1.54, 1.807) is 0 Å². The summed E-state index contributed by atoms with van der Waals surface area (Å²) >= 11 is 12.0. The third-order valence-corrected chi connectivity index (χ3v) is 9.36. The third-order valence-electron chi connectivity index (χ3n) is 8.86. The molecule has 2 saturated heterocycles. The van der Waals surface area contributed by atoms with Gasteiger partial charge in [0.15, 0.2) is 5.11 Å². The molecule has 3 heterocycles. The minimum absolute atomic E-state index is 0.0651. The number of hydrogen-bond acceptors (Lipinski definition) is 5. The number of rotatable bonds is 6. The Morgan fingerprint density at radius 3 is 2.47 bits per heavy atom. The molecule has 0 spiro atoms. The summed E-state index contributed by atoms with van der Waals surface area (Å²) in [5, 5.41) is 8.29. The summed E-state index contributed by atoms with van der Waals surface area (Å²) in [7, 11) is 0. The molecular formula is C30H43ClN6S. The van der Waals surface area contributed by atoms with Crippen LogP contribution in [0.15, 0.2) is 30.3 Å². The molecule has 1 aromatic heterocycles. The molecule has 3 aliphatic rings. The SMILES string of the molecule is C[C@H]1CCCN(c2cc(N3CCCC[C@H]3C)nc(NC(=S)NCC3(c4ccc(Cl)cc4)CCCCC3)n2)C1. The number of hydrogen-bond donors (Lipinski definition) is 2. The average molecular weight is 555 g/mol. The Balaban J connectivity index is 1.34. The molecule has 0 radical (unpaired) electrons. The Hall–Kier alpha value is -2.12. The van der Waals surface area contributed by atoms with E-state index in [0.29, 0.717) is 23.0 Å². The van der Waals surface area contributed by atoms with E-state index in [4.69, 9.17) is 33.8 Å². The Bertz CT molecular complexity index is 1090. The van der Waals surface area contributed by atoms with Crippen molar-refractivity contribution < 1.29 is 0 Å². The topological polar surface area (TPSA) is 56.3 Å². The van der Waals surface area contributed by atoms with Crippen LogP contribution in [0, 0.1) is 5.92 Å². The Morgan fingerprint density at radius 1 is 0.974 bits per heavy atom. The summed E-state index contributed by atoms with van der Waals surface area (Å²) < 4.78 is 0. The van der Waals surface area contributed by atoms with Crippen LogP contribution in [0.1, 0.15) is 83.6 Å². The summed E-state index contributed by atoms with van der Waals surface area (Å²) in [5.41, 5.74) is 1.41. The van der Waals surface area contributed by atoms with Gasteiger partial charge >= 0.3 is 0 Å². The maximum absolute atomic E-state index is 6.20. The van der Waals surface area contributed by atoms with E-state index >= 15 is 0 Å². The summed E-state index contributed by atoms with van der Waals surface area (Å²) in [5.74, 6) is 3.29. The van der Waals surface area contributed by atoms with Crippen molar-refractivity contribution in [2.45, 2.75) is 89.5 Å². The first-order valence-corrected chi connectivity index (χ1v) is 15.4. The predicted octanol–water partition coefficient (Wildman–Crippen LogP) is 6.93. The summed E-state index contributed by atoms with van der Waals surface area (Å²) in [6.45, 7) is 8.56. The number of anilines is 3. The number of thiocarbonyl (C=S) groups is 1. The van der Waals surface area contributed by atoms with Gasteiger partial charge in [-0.3, -0.25) is 0 Å². The molecule has 1 aliphatic carbocycles. The van der Waals surface area contributed by atoms with Gasteiger partial charge in [-0.05, 0) is 87.7 Å². The maximum atomic E-state index is 6.20. The second kappa shape index (κ2) is 12.4. The number of halogens is 1. The standard InChI is InChI=1S/C30H43ClN6S/c1-22-9-8-17-36(20-22)26-19-27(37-18-7-4-10-23(37)2)34-28(33-26)35-29(38)32-21-30(15-5-3-6-16-30)24-11-13-25(31)14-12-24/h11-14,19,22-23H,3-10,15-18,20-21H2,1-2H3,(H2,32,33,34,35,38)/t22-,23+/m0/s1. The Kier molecular flexibility index (Phi) is 8.94. The second-order valence-corrected chi connectivity index (χ2v) is 12.6. The van der Waals surface area contributed by atoms with E-state index in [1.165, 1.54) is 56.9 Å². The van der Waals surface area contributed by atoms with E-state index in [1.807, 2.05) is 12.1 Å². The van der Waals surface area contributed by atoms with E-state index in [0.717, 1.165) is 55.7 Å². The minimum Gasteiger partial charge on any atom is -0.361 e. The normalized spacial score (nSPS) is 23.7. The van der Waals surface area contributed by atoms with Crippen molar-refractivity contribution in [2.24, 2.45) is 5.92 Å². The Morgan fingerprint density at radius 2 is 1.74 bits per heavy atom. The molecule has 38 heavy (non-hydrogen) atoms. The molecule has 2 atom stereocenters. The first-order chi connectivity index (χ1) is 18.4. The molecule has 1 saturated carbocycles. The van der Waals surface area contributed by atoms with Crippen molar-refractivity contribution in [2.75, 3.05) is 41.3 Å². The molecule has 6 nitrogen and oxygen atoms in total. The molecule has 0 unspecified atom stereocenters. The van der Waals surface area contributed by atoms with Gasteiger partial charge < -0.3 is 20.4 Å². The highest BCUT2D eigenvalue weighted by Gasteiger charge is 2.34. The van der Waals surface area contributed by atoms with Gasteiger partial charge in [0.05, 0.1) is 0 Å². The van der Waals surface area contributed by atoms with Crippen molar-refractivity contribution >= 4 is 46.5 Å². The van der Waals surface area contributed by atoms with E-state index in [-0.39, 0.29) is 5.41 Å². The molecule has 206 valence electrons. The van der Waals surface area contributed by atoms with Gasteiger partial charge in [0, 0.05) is 48.7 Å². The van der Waals surface area contributed by atoms with E-state index in [2.05, 4.69) is 52.5 Å². The fourth-order valence-corrected chi connectivity index (χ4v) is 6.91. The van der Waals surface area contributed by atoms with Crippen LogP contribution in [-0.2, 0) is 5.41 Å². The molecule has 8 heteroatoms. The predicted molar refractivity (Wildman–Crippen MR) is 164 cm³/mol. The molecule has 3 fully saturated rings. The van der Waals surface area contributed by atoms with Crippen LogP contribution in [0.2, 0.25) is 5.02 Å². The lowest BCUT2D eigenvalue weighted by molar-refractivity contribution is 0.292. The summed E-state index contributed by atoms with van der Waals surface area (Å²) in [6.07, 6.45) is 12.3. The van der Waals surface area contributed by atoms with Crippen LogP contribution in [0.25, 0.3) is 0 Å². The largest absolute Gasteiger partial charge is 0.361 e. The van der Waals surface area contributed by atoms with Crippen molar-refractivity contribution in [1.82, 2.24) is 15.3 Å². The van der Waals surface area contributed by atoms with Gasteiger partial charge in [0.25, 0.3) is 0 Å². The van der Waals surface area contributed by atoms with Crippen LogP contribution in [0.5, 0.6) is 0 Å². The summed E-state index contributed by atoms with van der Waals surface area (Å²) in [6, 6.07) is 11.1. The number of piperidine rings is 2. The quantitative estimate of drug-likeness (QED) is 0.375. The number of benzene rings is 1. The fourth-order valence-electron chi connectivity index (χ4n) is 6.62. The number of nitrogens with zero attached hydrogens (tertiary/aromatic N) is 4. The highest BCUT2D eigenvalue weighted by atomic mass is 35.5. The lowest BCUT2D eigenvalue weighted by Gasteiger charge is -2.38. The summed E-state index contributed by atoms with van der Waals surface area (Å²) in [4.78, 5) is 14.8. The zero-order valence-electron chi connectivity index (χ0n) is 23.0. The van der Waals surface area contributed by atoms with E-state index in [9.17, 15) is 0 Å². The van der Waals surface area contributed by atoms with E-state index < -0.39 is 0 Å². The molecule has 2 aliphatic heterocycles. The Labute approximate surface area is 238 Å². The number of nitrogens with one attached hydrogen (secondary N) is 2. The van der Waals surface area contributed by atoms with Gasteiger partial charge in [-0.1, -0.05) is 49.9 Å². The monoisotopic (exact) mass is 554 g/mol. The van der Waals surface area contributed by atoms with Crippen molar-refractivity contribution in [3.63, 3.8) is 0 Å². The van der Waals surface area contributed by atoms with Crippen LogP contribution in [-0.4, -0.2) is 47.3 Å². The zero-order chi connectivity index (χ0) is 26.5. The minimum atomic E-state index is 0.0651. The first kappa shape index (κ1) is 27.4. The van der Waals surface area contributed by atoms with Gasteiger partial charge in [-0.2, -0.15) is 9.97 Å². The first-order valence-electron chi connectivity index (χ1n) is 14.6. The van der Waals surface area contributed by atoms with Gasteiger partial charge in [0.2, 0.25) is 5.95 Å². The van der Waals surface area contributed by atoms with Crippen molar-refractivity contribution in [3.8, 4) is 0 Å². The maximum Gasteiger partial charge on any atom is 0.232 e. The lowest BCUT2D eigenvalue weighted by atomic mass is 9.69. The van der Waals surface area contributed by atoms with Crippen LogP contribution < -0.4 is 20.4 Å². The molecule has 0 amide bonds. The third kappa shape index (κ3) is 6.53. The van der Waals surface area contributed by atoms with Crippen LogP contribution in [0.3, 0.4) is 0 Å². The molecule has 0 bridgehead atoms. The highest BCUT2D eigenvalue weighted by Crippen LogP contribution is 2.39. The molecule has 1 aromatic carbocycles. The smallest absolute Gasteiger partial charge is 0.232 e. The van der Waals surface area contributed by atoms with Gasteiger partial charge in [-0.25, -0.2) is 0 Å². The zero-order valence-corrected chi connectivity index (χ0v) is 24.6. The van der Waals surface area contributed by atoms with Crippen LogP contribution >= 0.6 is 23.8 Å². The lowest BCUT2D eigenvalue weighted by Crippen LogP contribution is -2.44.